The van der Waals surface area contributed by atoms with Crippen LogP contribution in [-0.2, 0) is 25.3 Å². The zero-order valence-electron chi connectivity index (χ0n) is 11.6. The van der Waals surface area contributed by atoms with E-state index in [0.717, 1.165) is 18.4 Å². The molecule has 1 atom stereocenters. The first kappa shape index (κ1) is 16.8. The Morgan fingerprint density at radius 1 is 1.36 bits per heavy atom. The Hall–Kier alpha value is -1.61. The van der Waals surface area contributed by atoms with Gasteiger partial charge in [-0.1, -0.05) is 6.07 Å². The highest BCUT2D eigenvalue weighted by Gasteiger charge is 2.35. The monoisotopic (exact) mass is 337 g/mol. The zero-order chi connectivity index (χ0) is 16.5. The first-order valence-corrected chi connectivity index (χ1v) is 8.22. The molecule has 0 aliphatic carbocycles. The van der Waals surface area contributed by atoms with Crippen molar-refractivity contribution in [1.82, 2.24) is 0 Å². The minimum atomic E-state index is -4.49. The van der Waals surface area contributed by atoms with Gasteiger partial charge in [0.1, 0.15) is 0 Å². The summed E-state index contributed by atoms with van der Waals surface area (Å²) < 4.78 is 64.5. The molecule has 1 heterocycles. The predicted octanol–water partition coefficient (Wildman–Crippen LogP) is 2.03. The lowest BCUT2D eigenvalue weighted by Crippen LogP contribution is -2.29. The van der Waals surface area contributed by atoms with E-state index in [4.69, 9.17) is 0 Å². The summed E-state index contributed by atoms with van der Waals surface area (Å²) in [6.07, 6.45) is -3.29. The molecule has 1 amide bonds. The Morgan fingerprint density at radius 2 is 2.05 bits per heavy atom. The molecule has 1 aliphatic heterocycles. The average molecular weight is 337 g/mol. The summed E-state index contributed by atoms with van der Waals surface area (Å²) in [6, 6.07) is 4.46. The second-order valence-corrected chi connectivity index (χ2v) is 6.66. The van der Waals surface area contributed by atoms with E-state index < -0.39 is 33.7 Å². The second-order valence-electron chi connectivity index (χ2n) is 5.01. The van der Waals surface area contributed by atoms with Crippen LogP contribution in [0.3, 0.4) is 0 Å². The van der Waals surface area contributed by atoms with E-state index in [0.29, 0.717) is 6.42 Å². The molecule has 1 aliphatic rings. The molecule has 5 nitrogen and oxygen atoms in total. The summed E-state index contributed by atoms with van der Waals surface area (Å²) in [7, 11) is -3.66. The van der Waals surface area contributed by atoms with Gasteiger partial charge in [0.25, 0.3) is 10.1 Å². The first-order chi connectivity index (χ1) is 10.1. The fourth-order valence-electron chi connectivity index (χ4n) is 2.21. The smallest absolute Gasteiger partial charge is 0.312 e. The Balaban J connectivity index is 2.13. The fourth-order valence-corrected chi connectivity index (χ4v) is 2.62. The molecular formula is C13H14F3NO4S. The van der Waals surface area contributed by atoms with Crippen LogP contribution in [0.25, 0.3) is 0 Å². The molecule has 0 N–H and O–H groups in total. The highest BCUT2D eigenvalue weighted by Crippen LogP contribution is 2.33. The third-order valence-electron chi connectivity index (χ3n) is 3.28. The van der Waals surface area contributed by atoms with Crippen molar-refractivity contribution < 1.29 is 30.6 Å². The van der Waals surface area contributed by atoms with Gasteiger partial charge in [0.2, 0.25) is 5.91 Å². The normalized spacial score (nSPS) is 19.7. The van der Waals surface area contributed by atoms with E-state index in [1.165, 1.54) is 17.0 Å². The number of anilines is 1. The maximum atomic E-state index is 12.7. The molecule has 122 valence electrons. The molecule has 1 aromatic carbocycles. The summed E-state index contributed by atoms with van der Waals surface area (Å²) in [6.45, 7) is -0.0783. The summed E-state index contributed by atoms with van der Waals surface area (Å²) in [5.41, 5.74) is -0.699. The van der Waals surface area contributed by atoms with Gasteiger partial charge in [0.05, 0.1) is 24.3 Å². The Kier molecular flexibility index (Phi) is 4.48. The molecule has 0 bridgehead atoms. The number of amides is 1. The number of alkyl halides is 3. The van der Waals surface area contributed by atoms with Gasteiger partial charge < -0.3 is 4.90 Å². The van der Waals surface area contributed by atoms with Gasteiger partial charge in [-0.25, -0.2) is 0 Å². The Bertz CT molecular complexity index is 672. The Morgan fingerprint density at radius 3 is 2.64 bits per heavy atom. The highest BCUT2D eigenvalue weighted by atomic mass is 32.2. The summed E-state index contributed by atoms with van der Waals surface area (Å²) in [4.78, 5) is 13.4. The van der Waals surface area contributed by atoms with Crippen molar-refractivity contribution >= 4 is 21.7 Å². The quantitative estimate of drug-likeness (QED) is 0.789. The third kappa shape index (κ3) is 3.98. The van der Waals surface area contributed by atoms with Crippen LogP contribution in [0.15, 0.2) is 24.3 Å². The largest absolute Gasteiger partial charge is 0.416 e. The summed E-state index contributed by atoms with van der Waals surface area (Å²) in [5, 5.41) is 0. The number of hydrogen-bond acceptors (Lipinski definition) is 4. The van der Waals surface area contributed by atoms with Crippen LogP contribution in [0.2, 0.25) is 0 Å². The lowest BCUT2D eigenvalue weighted by Gasteiger charge is -2.18. The lowest BCUT2D eigenvalue weighted by atomic mass is 10.1. The van der Waals surface area contributed by atoms with E-state index in [-0.39, 0.29) is 18.8 Å². The molecule has 9 heteroatoms. The molecule has 1 saturated heterocycles. The van der Waals surface area contributed by atoms with Crippen LogP contribution in [0.5, 0.6) is 0 Å². The second kappa shape index (κ2) is 5.88. The van der Waals surface area contributed by atoms with Gasteiger partial charge in [-0.3, -0.25) is 8.98 Å². The van der Waals surface area contributed by atoms with Crippen LogP contribution in [-0.4, -0.2) is 33.7 Å². The molecule has 0 aromatic heterocycles. The fraction of sp³-hybridized carbons (Fsp3) is 0.462. The van der Waals surface area contributed by atoms with Crippen molar-refractivity contribution in [2.24, 2.45) is 5.92 Å². The highest BCUT2D eigenvalue weighted by molar-refractivity contribution is 7.85. The minimum absolute atomic E-state index is 0.140. The minimum Gasteiger partial charge on any atom is -0.312 e. The number of carbonyl (C=O) groups is 1. The van der Waals surface area contributed by atoms with Gasteiger partial charge in [0.15, 0.2) is 0 Å². The number of carbonyl (C=O) groups excluding carboxylic acids is 1. The van der Waals surface area contributed by atoms with Gasteiger partial charge in [-0.15, -0.1) is 0 Å². The lowest BCUT2D eigenvalue weighted by molar-refractivity contribution is -0.137. The van der Waals surface area contributed by atoms with Crippen molar-refractivity contribution in [3.8, 4) is 0 Å². The number of halogens is 3. The van der Waals surface area contributed by atoms with E-state index in [9.17, 15) is 26.4 Å². The summed E-state index contributed by atoms with van der Waals surface area (Å²) >= 11 is 0. The maximum Gasteiger partial charge on any atom is 0.416 e. The van der Waals surface area contributed by atoms with Crippen molar-refractivity contribution in [1.29, 1.82) is 0 Å². The molecule has 22 heavy (non-hydrogen) atoms. The standard InChI is InChI=1S/C13H14F3NO4S/c1-22(19,20)21-8-9-5-6-17(12(9)18)11-4-2-3-10(7-11)13(14,15)16/h2-4,7,9H,5-6,8H2,1H3. The van der Waals surface area contributed by atoms with Gasteiger partial charge in [-0.05, 0) is 24.6 Å². The van der Waals surface area contributed by atoms with Crippen LogP contribution in [0.4, 0.5) is 18.9 Å². The maximum absolute atomic E-state index is 12.7. The van der Waals surface area contributed by atoms with Crippen molar-refractivity contribution in [3.05, 3.63) is 29.8 Å². The zero-order valence-corrected chi connectivity index (χ0v) is 12.4. The van der Waals surface area contributed by atoms with Crippen LogP contribution >= 0.6 is 0 Å². The predicted molar refractivity (Wildman–Crippen MR) is 72.7 cm³/mol. The third-order valence-corrected chi connectivity index (χ3v) is 3.85. The number of hydrogen-bond donors (Lipinski definition) is 0. The average Bonchev–Trinajstić information content (AvgIpc) is 2.76. The van der Waals surface area contributed by atoms with Crippen molar-refractivity contribution in [3.63, 3.8) is 0 Å². The van der Waals surface area contributed by atoms with Crippen LogP contribution in [0, 0.1) is 5.92 Å². The van der Waals surface area contributed by atoms with Gasteiger partial charge in [-0.2, -0.15) is 21.6 Å². The number of rotatable bonds is 4. The first-order valence-electron chi connectivity index (χ1n) is 6.41. The van der Waals surface area contributed by atoms with E-state index in [1.54, 1.807) is 0 Å². The molecule has 2 rings (SSSR count). The van der Waals surface area contributed by atoms with Crippen LogP contribution < -0.4 is 4.90 Å². The molecule has 1 fully saturated rings. The van der Waals surface area contributed by atoms with Crippen LogP contribution in [0.1, 0.15) is 12.0 Å². The van der Waals surface area contributed by atoms with Crippen molar-refractivity contribution in [2.75, 3.05) is 24.3 Å². The van der Waals surface area contributed by atoms with E-state index in [2.05, 4.69) is 4.18 Å². The summed E-state index contributed by atoms with van der Waals surface area (Å²) in [5.74, 6) is -1.12. The molecule has 0 saturated carbocycles. The topological polar surface area (TPSA) is 63.7 Å². The van der Waals surface area contributed by atoms with Gasteiger partial charge >= 0.3 is 6.18 Å². The Labute approximate surface area is 125 Å². The van der Waals surface area contributed by atoms with Crippen molar-refractivity contribution in [2.45, 2.75) is 12.6 Å². The SMILES string of the molecule is CS(=O)(=O)OCC1CCN(c2cccc(C(F)(F)F)c2)C1=O. The molecular weight excluding hydrogens is 323 g/mol. The molecule has 0 radical (unpaired) electrons. The van der Waals surface area contributed by atoms with E-state index >= 15 is 0 Å². The van der Waals surface area contributed by atoms with Gasteiger partial charge in [0, 0.05) is 12.2 Å². The molecule has 1 aromatic rings. The van der Waals surface area contributed by atoms with E-state index in [1.807, 2.05) is 0 Å². The molecule has 0 spiro atoms. The number of benzene rings is 1. The number of nitrogens with zero attached hydrogens (tertiary/aromatic N) is 1. The molecule has 1 unspecified atom stereocenters.